The Balaban J connectivity index is 1.45. The van der Waals surface area contributed by atoms with Crippen LogP contribution in [0, 0.1) is 5.92 Å². The summed E-state index contributed by atoms with van der Waals surface area (Å²) in [7, 11) is 1.82. The summed E-state index contributed by atoms with van der Waals surface area (Å²) in [4.78, 5) is 21.1. The molecule has 1 aromatic carbocycles. The first kappa shape index (κ1) is 20.6. The van der Waals surface area contributed by atoms with Crippen LogP contribution >= 0.6 is 0 Å². The quantitative estimate of drug-likeness (QED) is 0.581. The molecule has 0 radical (unpaired) electrons. The minimum absolute atomic E-state index is 0.0640. The molecule has 2 saturated heterocycles. The monoisotopic (exact) mass is 385 g/mol. The van der Waals surface area contributed by atoms with E-state index in [9.17, 15) is 4.79 Å². The second kappa shape index (κ2) is 9.92. The molecule has 2 N–H and O–H groups in total. The Morgan fingerprint density at radius 2 is 2.00 bits per heavy atom. The number of carbonyl (C=O) groups is 1. The van der Waals surface area contributed by atoms with Crippen LogP contribution in [0.2, 0.25) is 0 Å². The third kappa shape index (κ3) is 5.47. The number of rotatable bonds is 6. The van der Waals surface area contributed by atoms with Gasteiger partial charge in [0.2, 0.25) is 5.91 Å². The van der Waals surface area contributed by atoms with E-state index in [1.165, 1.54) is 18.4 Å². The normalized spacial score (nSPS) is 23.4. The molecule has 2 heterocycles. The first-order chi connectivity index (χ1) is 13.6. The van der Waals surface area contributed by atoms with E-state index < -0.39 is 0 Å². The molecule has 0 spiro atoms. The minimum Gasteiger partial charge on any atom is -0.355 e. The molecule has 2 aliphatic heterocycles. The van der Waals surface area contributed by atoms with Crippen LogP contribution in [0.15, 0.2) is 35.3 Å². The van der Waals surface area contributed by atoms with E-state index in [1.54, 1.807) is 0 Å². The summed E-state index contributed by atoms with van der Waals surface area (Å²) in [5, 5.41) is 7.02. The summed E-state index contributed by atoms with van der Waals surface area (Å²) >= 11 is 0. The summed E-state index contributed by atoms with van der Waals surface area (Å²) in [5.41, 5.74) is 1.37. The first-order valence-corrected chi connectivity index (χ1v) is 10.6. The molecule has 2 aliphatic rings. The predicted octanol–water partition coefficient (Wildman–Crippen LogP) is 2.07. The minimum atomic E-state index is 0.0640. The maximum atomic E-state index is 12.2. The van der Waals surface area contributed by atoms with Gasteiger partial charge in [-0.2, -0.15) is 0 Å². The van der Waals surface area contributed by atoms with Crippen LogP contribution in [0.25, 0.3) is 0 Å². The Kier molecular flexibility index (Phi) is 7.31. The molecule has 0 saturated carbocycles. The Bertz CT molecular complexity index is 660. The van der Waals surface area contributed by atoms with Gasteiger partial charge in [0.1, 0.15) is 0 Å². The van der Waals surface area contributed by atoms with Crippen LogP contribution in [0.1, 0.15) is 38.7 Å². The maximum absolute atomic E-state index is 12.2. The molecule has 28 heavy (non-hydrogen) atoms. The van der Waals surface area contributed by atoms with E-state index in [1.807, 2.05) is 25.8 Å². The van der Waals surface area contributed by atoms with Crippen molar-refractivity contribution in [3.8, 4) is 0 Å². The highest BCUT2D eigenvalue weighted by Gasteiger charge is 2.29. The lowest BCUT2D eigenvalue weighted by Crippen LogP contribution is -2.48. The molecule has 2 atom stereocenters. The van der Waals surface area contributed by atoms with Gasteiger partial charge in [0.25, 0.3) is 0 Å². The van der Waals surface area contributed by atoms with E-state index in [-0.39, 0.29) is 17.9 Å². The van der Waals surface area contributed by atoms with Crippen molar-refractivity contribution in [1.82, 2.24) is 20.4 Å². The lowest BCUT2D eigenvalue weighted by Gasteiger charge is -2.26. The number of aliphatic imine (C=N–C) groups is 1. The number of likely N-dealkylation sites (tertiary alicyclic amines) is 2. The maximum Gasteiger partial charge on any atom is 0.225 e. The fraction of sp³-hybridized carbons (Fsp3) is 0.636. The topological polar surface area (TPSA) is 60.0 Å². The van der Waals surface area contributed by atoms with Gasteiger partial charge >= 0.3 is 0 Å². The third-order valence-electron chi connectivity index (χ3n) is 5.79. The van der Waals surface area contributed by atoms with E-state index in [0.29, 0.717) is 6.04 Å². The standard InChI is InChI=1S/C22H35N5O/c1-17(2)21(28)27-13-11-19(16-27)25-22(23-3)24-14-20-10-7-12-26(20)15-18-8-5-4-6-9-18/h4-6,8-9,17,19-20H,7,10-16H2,1-3H3,(H2,23,24,25). The SMILES string of the molecule is CN=C(NCC1CCCN1Cc1ccccc1)NC1CCN(C(=O)C(C)C)C1. The highest BCUT2D eigenvalue weighted by molar-refractivity contribution is 5.81. The van der Waals surface area contributed by atoms with Crippen molar-refractivity contribution in [1.29, 1.82) is 0 Å². The zero-order chi connectivity index (χ0) is 19.9. The van der Waals surface area contributed by atoms with Gasteiger partial charge in [-0.15, -0.1) is 0 Å². The van der Waals surface area contributed by atoms with Crippen molar-refractivity contribution >= 4 is 11.9 Å². The lowest BCUT2D eigenvalue weighted by molar-refractivity contribution is -0.133. The molecule has 0 aromatic heterocycles. The molecular formula is C22H35N5O. The largest absolute Gasteiger partial charge is 0.355 e. The van der Waals surface area contributed by atoms with E-state index >= 15 is 0 Å². The average molecular weight is 386 g/mol. The van der Waals surface area contributed by atoms with Gasteiger partial charge in [-0.1, -0.05) is 44.2 Å². The average Bonchev–Trinajstić information content (AvgIpc) is 3.34. The molecule has 6 heteroatoms. The molecule has 1 amide bonds. The number of benzene rings is 1. The van der Waals surface area contributed by atoms with Gasteiger partial charge in [0.05, 0.1) is 0 Å². The van der Waals surface area contributed by atoms with Crippen LogP contribution in [0.4, 0.5) is 0 Å². The fourth-order valence-electron chi connectivity index (χ4n) is 4.20. The van der Waals surface area contributed by atoms with Crippen molar-refractivity contribution in [2.45, 2.75) is 51.7 Å². The number of nitrogens with zero attached hydrogens (tertiary/aromatic N) is 3. The number of carbonyl (C=O) groups excluding carboxylic acids is 1. The van der Waals surface area contributed by atoms with Gasteiger partial charge in [-0.3, -0.25) is 14.7 Å². The Labute approximate surface area is 169 Å². The van der Waals surface area contributed by atoms with Gasteiger partial charge in [0.15, 0.2) is 5.96 Å². The fourth-order valence-corrected chi connectivity index (χ4v) is 4.20. The Morgan fingerprint density at radius 3 is 2.71 bits per heavy atom. The molecule has 3 rings (SSSR count). The zero-order valence-electron chi connectivity index (χ0n) is 17.5. The molecule has 1 aromatic rings. The lowest BCUT2D eigenvalue weighted by atomic mass is 10.2. The summed E-state index contributed by atoms with van der Waals surface area (Å²) in [6.07, 6.45) is 3.44. The molecule has 0 bridgehead atoms. The molecule has 6 nitrogen and oxygen atoms in total. The second-order valence-electron chi connectivity index (χ2n) is 8.27. The van der Waals surface area contributed by atoms with Crippen molar-refractivity contribution in [2.75, 3.05) is 33.2 Å². The molecule has 2 unspecified atom stereocenters. The number of amides is 1. The molecule has 154 valence electrons. The van der Waals surface area contributed by atoms with E-state index in [4.69, 9.17) is 0 Å². The van der Waals surface area contributed by atoms with Gasteiger partial charge in [-0.25, -0.2) is 0 Å². The number of hydrogen-bond donors (Lipinski definition) is 2. The first-order valence-electron chi connectivity index (χ1n) is 10.6. The van der Waals surface area contributed by atoms with Crippen LogP contribution in [0.3, 0.4) is 0 Å². The number of guanidine groups is 1. The Morgan fingerprint density at radius 1 is 1.21 bits per heavy atom. The summed E-state index contributed by atoms with van der Waals surface area (Å²) in [6.45, 7) is 8.59. The second-order valence-corrected chi connectivity index (χ2v) is 8.27. The van der Waals surface area contributed by atoms with Crippen molar-refractivity contribution in [2.24, 2.45) is 10.9 Å². The predicted molar refractivity (Wildman–Crippen MR) is 114 cm³/mol. The molecule has 0 aliphatic carbocycles. The van der Waals surface area contributed by atoms with Gasteiger partial charge in [0, 0.05) is 51.2 Å². The third-order valence-corrected chi connectivity index (χ3v) is 5.79. The van der Waals surface area contributed by atoms with Crippen molar-refractivity contribution in [3.05, 3.63) is 35.9 Å². The zero-order valence-corrected chi connectivity index (χ0v) is 17.5. The van der Waals surface area contributed by atoms with E-state index in [0.717, 1.165) is 45.1 Å². The summed E-state index contributed by atoms with van der Waals surface area (Å²) in [6, 6.07) is 11.5. The van der Waals surface area contributed by atoms with Crippen LogP contribution in [-0.2, 0) is 11.3 Å². The highest BCUT2D eigenvalue weighted by Crippen LogP contribution is 2.19. The molecular weight excluding hydrogens is 350 g/mol. The van der Waals surface area contributed by atoms with Gasteiger partial charge in [-0.05, 0) is 31.4 Å². The van der Waals surface area contributed by atoms with Crippen molar-refractivity contribution < 1.29 is 4.79 Å². The summed E-state index contributed by atoms with van der Waals surface area (Å²) in [5.74, 6) is 1.15. The molecule has 2 fully saturated rings. The number of hydrogen-bond acceptors (Lipinski definition) is 3. The highest BCUT2D eigenvalue weighted by atomic mass is 16.2. The van der Waals surface area contributed by atoms with Gasteiger partial charge < -0.3 is 15.5 Å². The van der Waals surface area contributed by atoms with Crippen LogP contribution in [-0.4, -0.2) is 67.0 Å². The van der Waals surface area contributed by atoms with Crippen LogP contribution in [0.5, 0.6) is 0 Å². The Hall–Kier alpha value is -2.08. The van der Waals surface area contributed by atoms with Crippen molar-refractivity contribution in [3.63, 3.8) is 0 Å². The summed E-state index contributed by atoms with van der Waals surface area (Å²) < 4.78 is 0. The number of nitrogens with one attached hydrogen (secondary N) is 2. The van der Waals surface area contributed by atoms with E-state index in [2.05, 4.69) is 50.9 Å². The van der Waals surface area contributed by atoms with Crippen LogP contribution < -0.4 is 10.6 Å². The smallest absolute Gasteiger partial charge is 0.225 e.